The lowest BCUT2D eigenvalue weighted by Gasteiger charge is -1.93. The minimum Gasteiger partial charge on any atom is -0.399 e. The van der Waals surface area contributed by atoms with Gasteiger partial charge in [-0.05, 0) is 42.8 Å². The molecule has 0 aliphatic heterocycles. The van der Waals surface area contributed by atoms with Crippen LogP contribution >= 0.6 is 11.6 Å². The van der Waals surface area contributed by atoms with Crippen molar-refractivity contribution in [2.24, 2.45) is 0 Å². The molecule has 1 atom stereocenters. The molecule has 1 unspecified atom stereocenters. The molecule has 0 amide bonds. The summed E-state index contributed by atoms with van der Waals surface area (Å²) < 4.78 is 18.9. The molecule has 0 bridgehead atoms. The van der Waals surface area contributed by atoms with E-state index in [2.05, 4.69) is 0 Å². The third-order valence-corrected chi connectivity index (χ3v) is 3.13. The molecule has 5 heteroatoms. The van der Waals surface area contributed by atoms with Crippen molar-refractivity contribution in [2.75, 3.05) is 5.73 Å². The van der Waals surface area contributed by atoms with Gasteiger partial charge >= 0.3 is 0 Å². The largest absolute Gasteiger partial charge is 0.399 e. The van der Waals surface area contributed by atoms with Crippen LogP contribution in [0.1, 0.15) is 5.56 Å². The van der Waals surface area contributed by atoms with E-state index in [1.807, 2.05) is 31.2 Å². The van der Waals surface area contributed by atoms with Crippen molar-refractivity contribution in [3.8, 4) is 0 Å². The zero-order chi connectivity index (χ0) is 13.5. The topological polar surface area (TPSA) is 63.3 Å². The SMILES string of the molecule is Cc1ccccc1N.O=S(O)c1ccc(Cl)cc1. The zero-order valence-electron chi connectivity index (χ0n) is 9.84. The first-order valence-electron chi connectivity index (χ1n) is 5.18. The second-order valence-corrected chi connectivity index (χ2v) is 4.97. The maximum atomic E-state index is 10.4. The predicted molar refractivity (Wildman–Crippen MR) is 76.1 cm³/mol. The van der Waals surface area contributed by atoms with Crippen molar-refractivity contribution in [1.82, 2.24) is 0 Å². The molecule has 0 aromatic heterocycles. The molecule has 2 aromatic rings. The van der Waals surface area contributed by atoms with E-state index >= 15 is 0 Å². The summed E-state index contributed by atoms with van der Waals surface area (Å²) in [6.45, 7) is 2.00. The van der Waals surface area contributed by atoms with Crippen LogP contribution in [0.25, 0.3) is 0 Å². The zero-order valence-corrected chi connectivity index (χ0v) is 11.4. The molecule has 0 radical (unpaired) electrons. The van der Waals surface area contributed by atoms with Gasteiger partial charge in [0.25, 0.3) is 0 Å². The Balaban J connectivity index is 0.000000184. The highest BCUT2D eigenvalue weighted by atomic mass is 35.5. The average molecular weight is 284 g/mol. The summed E-state index contributed by atoms with van der Waals surface area (Å²) in [7, 11) is 0. The van der Waals surface area contributed by atoms with E-state index in [0.717, 1.165) is 11.3 Å². The van der Waals surface area contributed by atoms with Crippen LogP contribution in [0.2, 0.25) is 5.02 Å². The average Bonchev–Trinajstić information content (AvgIpc) is 2.34. The third kappa shape index (κ3) is 4.87. The van der Waals surface area contributed by atoms with E-state index in [1.165, 1.54) is 12.1 Å². The Hall–Kier alpha value is -1.36. The number of hydrogen-bond acceptors (Lipinski definition) is 2. The smallest absolute Gasteiger partial charge is 0.186 e. The molecule has 0 saturated heterocycles. The first-order valence-corrected chi connectivity index (χ1v) is 6.66. The molecule has 3 N–H and O–H groups in total. The Bertz CT molecular complexity index is 508. The Morgan fingerprint density at radius 2 is 1.67 bits per heavy atom. The maximum Gasteiger partial charge on any atom is 0.186 e. The molecule has 2 aromatic carbocycles. The highest BCUT2D eigenvalue weighted by molar-refractivity contribution is 7.79. The lowest BCUT2D eigenvalue weighted by molar-refractivity contribution is 0.564. The van der Waals surface area contributed by atoms with Crippen molar-refractivity contribution in [3.63, 3.8) is 0 Å². The van der Waals surface area contributed by atoms with Gasteiger partial charge < -0.3 is 10.3 Å². The number of anilines is 1. The number of nitrogen functional groups attached to an aromatic ring is 1. The number of hydrogen-bond donors (Lipinski definition) is 2. The fraction of sp³-hybridized carbons (Fsp3) is 0.0769. The Kier molecular flexibility index (Phi) is 5.85. The second-order valence-electron chi connectivity index (χ2n) is 3.56. The molecule has 96 valence electrons. The number of para-hydroxylation sites is 1. The van der Waals surface area contributed by atoms with Crippen LogP contribution in [0, 0.1) is 6.92 Å². The molecule has 0 aliphatic rings. The van der Waals surface area contributed by atoms with E-state index in [-0.39, 0.29) is 0 Å². The van der Waals surface area contributed by atoms with Gasteiger partial charge in [-0.2, -0.15) is 0 Å². The molecular formula is C13H14ClNO2S. The molecule has 2 rings (SSSR count). The van der Waals surface area contributed by atoms with Crippen LogP contribution in [0.5, 0.6) is 0 Å². The summed E-state index contributed by atoms with van der Waals surface area (Å²) in [4.78, 5) is 0.365. The van der Waals surface area contributed by atoms with Gasteiger partial charge in [0.15, 0.2) is 11.1 Å². The van der Waals surface area contributed by atoms with Crippen molar-refractivity contribution in [1.29, 1.82) is 0 Å². The fourth-order valence-corrected chi connectivity index (χ4v) is 1.63. The highest BCUT2D eigenvalue weighted by Gasteiger charge is 1.96. The summed E-state index contributed by atoms with van der Waals surface area (Å²) >= 11 is 3.64. The summed E-state index contributed by atoms with van der Waals surface area (Å²) in [5.41, 5.74) is 7.53. The number of aryl methyl sites for hydroxylation is 1. The van der Waals surface area contributed by atoms with Crippen LogP contribution in [-0.2, 0) is 11.1 Å². The van der Waals surface area contributed by atoms with Crippen LogP contribution in [0.15, 0.2) is 53.4 Å². The highest BCUT2D eigenvalue weighted by Crippen LogP contribution is 2.11. The van der Waals surface area contributed by atoms with E-state index < -0.39 is 11.1 Å². The third-order valence-electron chi connectivity index (χ3n) is 2.20. The molecular weight excluding hydrogens is 270 g/mol. The number of nitrogens with two attached hydrogens (primary N) is 1. The summed E-state index contributed by atoms with van der Waals surface area (Å²) in [6, 6.07) is 14.0. The van der Waals surface area contributed by atoms with Gasteiger partial charge in [-0.1, -0.05) is 29.8 Å². The normalized spacial score (nSPS) is 11.3. The van der Waals surface area contributed by atoms with Gasteiger partial charge in [0, 0.05) is 10.7 Å². The second kappa shape index (κ2) is 7.16. The molecule has 0 spiro atoms. The molecule has 0 saturated carbocycles. The molecule has 18 heavy (non-hydrogen) atoms. The summed E-state index contributed by atoms with van der Waals surface area (Å²) in [5, 5.41) is 0.564. The fourth-order valence-electron chi connectivity index (χ4n) is 1.14. The first kappa shape index (κ1) is 14.7. The first-order chi connectivity index (χ1) is 8.50. The lowest BCUT2D eigenvalue weighted by Crippen LogP contribution is -1.85. The van der Waals surface area contributed by atoms with Crippen LogP contribution in [-0.4, -0.2) is 8.76 Å². The quantitative estimate of drug-likeness (QED) is 0.622. The van der Waals surface area contributed by atoms with E-state index in [0.29, 0.717) is 9.92 Å². The van der Waals surface area contributed by atoms with Crippen molar-refractivity contribution in [3.05, 3.63) is 59.1 Å². The maximum absolute atomic E-state index is 10.4. The number of halogens is 1. The molecule has 0 aliphatic carbocycles. The van der Waals surface area contributed by atoms with Gasteiger partial charge in [-0.3, -0.25) is 0 Å². The predicted octanol–water partition coefficient (Wildman–Crippen LogP) is 3.50. The van der Waals surface area contributed by atoms with Crippen molar-refractivity contribution < 1.29 is 8.76 Å². The standard InChI is InChI=1S/C7H9N.C6H5ClO2S/c1-6-4-2-3-5-7(6)8;7-5-1-3-6(4-2-5)10(8)9/h2-5H,8H2,1H3;1-4H,(H,8,9). The molecule has 0 fully saturated rings. The Labute approximate surface area is 114 Å². The van der Waals surface area contributed by atoms with Gasteiger partial charge in [0.05, 0.1) is 4.90 Å². The Morgan fingerprint density at radius 1 is 1.11 bits per heavy atom. The van der Waals surface area contributed by atoms with Crippen LogP contribution < -0.4 is 5.73 Å². The molecule has 3 nitrogen and oxygen atoms in total. The lowest BCUT2D eigenvalue weighted by atomic mass is 10.2. The van der Waals surface area contributed by atoms with E-state index in [1.54, 1.807) is 12.1 Å². The molecule has 0 heterocycles. The van der Waals surface area contributed by atoms with Crippen LogP contribution in [0.4, 0.5) is 5.69 Å². The van der Waals surface area contributed by atoms with Gasteiger partial charge in [0.2, 0.25) is 0 Å². The minimum atomic E-state index is -1.90. The summed E-state index contributed by atoms with van der Waals surface area (Å²) in [5.74, 6) is 0. The van der Waals surface area contributed by atoms with E-state index in [9.17, 15) is 4.21 Å². The van der Waals surface area contributed by atoms with Gasteiger partial charge in [-0.25, -0.2) is 4.21 Å². The van der Waals surface area contributed by atoms with Gasteiger partial charge in [0.1, 0.15) is 0 Å². The minimum absolute atomic E-state index is 0.365. The monoisotopic (exact) mass is 283 g/mol. The van der Waals surface area contributed by atoms with Crippen LogP contribution in [0.3, 0.4) is 0 Å². The number of rotatable bonds is 1. The Morgan fingerprint density at radius 3 is 2.06 bits per heavy atom. The van der Waals surface area contributed by atoms with Crippen molar-refractivity contribution in [2.45, 2.75) is 11.8 Å². The summed E-state index contributed by atoms with van der Waals surface area (Å²) in [6.07, 6.45) is 0. The van der Waals surface area contributed by atoms with Crippen molar-refractivity contribution >= 4 is 28.4 Å². The van der Waals surface area contributed by atoms with Gasteiger partial charge in [-0.15, -0.1) is 0 Å². The number of benzene rings is 2. The van der Waals surface area contributed by atoms with E-state index in [4.69, 9.17) is 21.9 Å².